The van der Waals surface area contributed by atoms with E-state index in [1.807, 2.05) is 12.1 Å². The SMILES string of the molecule is COc1ccc([C@@]23CC[C@@H](NC(=O)Nc4ccc(F)c(C(F)(F)F)c4)C[C@@H]2CN(C)C3)cc1OC.O=C(O)C(F)(F)F. The van der Waals surface area contributed by atoms with E-state index in [0.29, 0.717) is 30.1 Å². The number of carbonyl (C=O) groups is 2. The Morgan fingerprint density at radius 2 is 1.67 bits per heavy atom. The highest BCUT2D eigenvalue weighted by Gasteiger charge is 2.50. The monoisotopic (exact) mass is 609 g/mol. The first-order valence-corrected chi connectivity index (χ1v) is 12.7. The molecule has 15 heteroatoms. The standard InChI is InChI=1S/C25H29F4N3O3.C2HF3O2/c1-32-13-16-10-18(31-23(33)30-17-5-6-20(26)19(12-17)25(27,28)29)8-9-24(16,14-32)15-4-7-21(34-2)22(11-15)35-3;3-2(4,5)1(6)7/h4-7,11-12,16,18H,8-10,13-14H2,1-3H3,(H2,30,31,33);(H,6,7)/t16-,18-,24+;/m1./s1. The van der Waals surface area contributed by atoms with Gasteiger partial charge in [-0.15, -0.1) is 0 Å². The number of benzene rings is 2. The number of rotatable bonds is 5. The molecule has 1 aliphatic carbocycles. The Bertz CT molecular complexity index is 1290. The maximum Gasteiger partial charge on any atom is 0.490 e. The minimum absolute atomic E-state index is 0.0957. The molecular formula is C27H30F7N3O5. The maximum atomic E-state index is 13.5. The number of carboxylic acid groups (broad SMARTS) is 1. The first-order valence-electron chi connectivity index (χ1n) is 12.7. The molecule has 4 rings (SSSR count). The number of alkyl halides is 6. The van der Waals surface area contributed by atoms with Crippen molar-refractivity contribution in [2.75, 3.05) is 39.7 Å². The molecule has 42 heavy (non-hydrogen) atoms. The maximum absolute atomic E-state index is 13.5. The Kier molecular flexibility index (Phi) is 9.85. The van der Waals surface area contributed by atoms with Gasteiger partial charge >= 0.3 is 24.4 Å². The van der Waals surface area contributed by atoms with Crippen molar-refractivity contribution in [3.05, 3.63) is 53.3 Å². The zero-order chi connectivity index (χ0) is 31.5. The third kappa shape index (κ3) is 7.55. The summed E-state index contributed by atoms with van der Waals surface area (Å²) in [6, 6.07) is 7.67. The Balaban J connectivity index is 0.000000616. The summed E-state index contributed by atoms with van der Waals surface area (Å²) in [6.07, 6.45) is -7.66. The lowest BCUT2D eigenvalue weighted by Gasteiger charge is -2.42. The number of nitrogens with zero attached hydrogens (tertiary/aromatic N) is 1. The average molecular weight is 610 g/mol. The summed E-state index contributed by atoms with van der Waals surface area (Å²) in [6.45, 7) is 1.74. The second-order valence-electron chi connectivity index (χ2n) is 10.2. The van der Waals surface area contributed by atoms with E-state index in [4.69, 9.17) is 19.4 Å². The van der Waals surface area contributed by atoms with Gasteiger partial charge < -0.3 is 30.1 Å². The zero-order valence-electron chi connectivity index (χ0n) is 22.8. The van der Waals surface area contributed by atoms with Crippen LogP contribution < -0.4 is 20.1 Å². The van der Waals surface area contributed by atoms with Gasteiger partial charge in [0.2, 0.25) is 0 Å². The fourth-order valence-corrected chi connectivity index (χ4v) is 5.62. The van der Waals surface area contributed by atoms with E-state index in [2.05, 4.69) is 28.6 Å². The predicted molar refractivity (Wildman–Crippen MR) is 137 cm³/mol. The van der Waals surface area contributed by atoms with Crippen LogP contribution in [0.5, 0.6) is 11.5 Å². The second kappa shape index (κ2) is 12.6. The van der Waals surface area contributed by atoms with Crippen LogP contribution in [0.1, 0.15) is 30.4 Å². The third-order valence-electron chi connectivity index (χ3n) is 7.44. The normalized spacial score (nSPS) is 22.3. The molecule has 2 amide bonds. The number of nitrogens with one attached hydrogen (secondary N) is 2. The highest BCUT2D eigenvalue weighted by atomic mass is 19.4. The fraction of sp³-hybridized carbons (Fsp3) is 0.481. The molecule has 1 heterocycles. The molecule has 1 saturated heterocycles. The second-order valence-corrected chi connectivity index (χ2v) is 10.2. The number of fused-ring (bicyclic) bond motifs is 1. The van der Waals surface area contributed by atoms with Gasteiger partial charge in [0.05, 0.1) is 19.8 Å². The number of aliphatic carboxylic acids is 1. The van der Waals surface area contributed by atoms with Crippen molar-refractivity contribution in [1.82, 2.24) is 10.2 Å². The van der Waals surface area contributed by atoms with Gasteiger partial charge in [0.1, 0.15) is 5.82 Å². The summed E-state index contributed by atoms with van der Waals surface area (Å²) in [7, 11) is 5.28. The number of carbonyl (C=O) groups excluding carboxylic acids is 1. The van der Waals surface area contributed by atoms with Crippen molar-refractivity contribution >= 4 is 17.7 Å². The number of likely N-dealkylation sites (tertiary alicyclic amines) is 1. The number of methoxy groups -OCH3 is 2. The summed E-state index contributed by atoms with van der Waals surface area (Å²) in [5.74, 6) is -2.53. The van der Waals surface area contributed by atoms with E-state index in [9.17, 15) is 35.5 Å². The third-order valence-corrected chi connectivity index (χ3v) is 7.44. The van der Waals surface area contributed by atoms with Gasteiger partial charge in [0.15, 0.2) is 11.5 Å². The number of halogens is 7. The highest BCUT2D eigenvalue weighted by Crippen LogP contribution is 2.49. The minimum atomic E-state index is -5.08. The van der Waals surface area contributed by atoms with Gasteiger partial charge in [-0.05, 0) is 68.1 Å². The van der Waals surface area contributed by atoms with Crippen LogP contribution in [0.3, 0.4) is 0 Å². The largest absolute Gasteiger partial charge is 0.493 e. The number of urea groups is 1. The van der Waals surface area contributed by atoms with Gasteiger partial charge in [-0.1, -0.05) is 6.07 Å². The fourth-order valence-electron chi connectivity index (χ4n) is 5.62. The Labute approximate surface area is 236 Å². The molecule has 0 radical (unpaired) electrons. The molecule has 2 aromatic carbocycles. The van der Waals surface area contributed by atoms with Crippen LogP contribution in [0.2, 0.25) is 0 Å². The highest BCUT2D eigenvalue weighted by molar-refractivity contribution is 5.89. The molecule has 0 spiro atoms. The average Bonchev–Trinajstić information content (AvgIpc) is 3.24. The quantitative estimate of drug-likeness (QED) is 0.378. The summed E-state index contributed by atoms with van der Waals surface area (Å²) in [5.41, 5.74) is -0.464. The van der Waals surface area contributed by atoms with Gasteiger partial charge in [-0.25, -0.2) is 14.0 Å². The number of anilines is 1. The molecule has 3 N–H and O–H groups in total. The predicted octanol–water partition coefficient (Wildman–Crippen LogP) is 5.67. The lowest BCUT2D eigenvalue weighted by Crippen LogP contribution is -2.48. The first-order chi connectivity index (χ1) is 19.5. The summed E-state index contributed by atoms with van der Waals surface area (Å²) < 4.78 is 95.1. The van der Waals surface area contributed by atoms with Crippen LogP contribution >= 0.6 is 0 Å². The Hall–Kier alpha value is -3.75. The number of hydrogen-bond acceptors (Lipinski definition) is 5. The molecule has 0 unspecified atom stereocenters. The molecule has 1 saturated carbocycles. The summed E-state index contributed by atoms with van der Waals surface area (Å²) in [4.78, 5) is 23.7. The van der Waals surface area contributed by atoms with Crippen LogP contribution in [-0.4, -0.2) is 68.6 Å². The van der Waals surface area contributed by atoms with Crippen molar-refractivity contribution < 1.29 is 54.9 Å². The van der Waals surface area contributed by atoms with Gasteiger partial charge in [-0.3, -0.25) is 0 Å². The van der Waals surface area contributed by atoms with Gasteiger partial charge in [0, 0.05) is 30.2 Å². The molecule has 2 fully saturated rings. The molecule has 8 nitrogen and oxygen atoms in total. The molecule has 1 aliphatic heterocycles. The molecule has 2 aliphatic rings. The van der Waals surface area contributed by atoms with Crippen LogP contribution in [0.25, 0.3) is 0 Å². The smallest absolute Gasteiger partial charge is 0.490 e. The first kappa shape index (κ1) is 32.8. The minimum Gasteiger partial charge on any atom is -0.493 e. The van der Waals surface area contributed by atoms with Crippen molar-refractivity contribution in [2.24, 2.45) is 5.92 Å². The van der Waals surface area contributed by atoms with Crippen LogP contribution in [0.15, 0.2) is 36.4 Å². The van der Waals surface area contributed by atoms with E-state index >= 15 is 0 Å². The number of hydrogen-bond donors (Lipinski definition) is 3. The molecule has 2 aromatic rings. The van der Waals surface area contributed by atoms with Crippen molar-refractivity contribution in [3.8, 4) is 11.5 Å². The lowest BCUT2D eigenvalue weighted by atomic mass is 9.63. The van der Waals surface area contributed by atoms with Crippen molar-refractivity contribution in [3.63, 3.8) is 0 Å². The molecule has 232 valence electrons. The number of amides is 2. The number of ether oxygens (including phenoxy) is 2. The Morgan fingerprint density at radius 3 is 2.24 bits per heavy atom. The topological polar surface area (TPSA) is 100 Å². The van der Waals surface area contributed by atoms with Crippen LogP contribution in [0, 0.1) is 11.7 Å². The van der Waals surface area contributed by atoms with Gasteiger partial charge in [0.25, 0.3) is 0 Å². The van der Waals surface area contributed by atoms with Gasteiger partial charge in [-0.2, -0.15) is 26.3 Å². The van der Waals surface area contributed by atoms with E-state index in [0.717, 1.165) is 32.0 Å². The molecular weight excluding hydrogens is 579 g/mol. The number of likely N-dealkylation sites (N-methyl/N-ethyl adjacent to an activating group) is 1. The summed E-state index contributed by atoms with van der Waals surface area (Å²) >= 11 is 0. The zero-order valence-corrected chi connectivity index (χ0v) is 22.8. The van der Waals surface area contributed by atoms with Crippen molar-refractivity contribution in [1.29, 1.82) is 0 Å². The summed E-state index contributed by atoms with van der Waals surface area (Å²) in [5, 5.41) is 12.4. The molecule has 3 atom stereocenters. The number of carboxylic acids is 1. The van der Waals surface area contributed by atoms with Crippen LogP contribution in [0.4, 0.5) is 41.2 Å². The Morgan fingerprint density at radius 1 is 1.02 bits per heavy atom. The lowest BCUT2D eigenvalue weighted by molar-refractivity contribution is -0.192. The van der Waals surface area contributed by atoms with E-state index in [1.54, 1.807) is 14.2 Å². The molecule has 0 bridgehead atoms. The van der Waals surface area contributed by atoms with Crippen molar-refractivity contribution in [2.45, 2.75) is 43.1 Å². The van der Waals surface area contributed by atoms with E-state index in [-0.39, 0.29) is 23.1 Å². The molecule has 0 aromatic heterocycles. The van der Waals surface area contributed by atoms with Crippen LogP contribution in [-0.2, 0) is 16.4 Å². The van der Waals surface area contributed by atoms with E-state index in [1.165, 1.54) is 5.56 Å². The van der Waals surface area contributed by atoms with E-state index < -0.39 is 35.7 Å².